The molecule has 0 bridgehead atoms. The van der Waals surface area contributed by atoms with E-state index in [0.717, 1.165) is 22.0 Å². The summed E-state index contributed by atoms with van der Waals surface area (Å²) in [6, 6.07) is 15.9. The number of nitrogens with one attached hydrogen (secondary N) is 1. The second-order valence-electron chi connectivity index (χ2n) is 5.50. The molecule has 106 valence electrons. The molecule has 21 heavy (non-hydrogen) atoms. The Balaban J connectivity index is 2.28. The van der Waals surface area contributed by atoms with Gasteiger partial charge in [-0.3, -0.25) is 0 Å². The summed E-state index contributed by atoms with van der Waals surface area (Å²) in [7, 11) is 0. The van der Waals surface area contributed by atoms with Gasteiger partial charge in [-0.1, -0.05) is 50.2 Å². The predicted molar refractivity (Wildman–Crippen MR) is 84.8 cm³/mol. The highest BCUT2D eigenvalue weighted by Crippen LogP contribution is 2.34. The van der Waals surface area contributed by atoms with Gasteiger partial charge in [-0.05, 0) is 34.7 Å². The molecule has 3 aromatic rings. The first kappa shape index (κ1) is 13.4. The summed E-state index contributed by atoms with van der Waals surface area (Å²) in [5.41, 5.74) is 4.57. The first-order chi connectivity index (χ1) is 10.1. The van der Waals surface area contributed by atoms with Crippen LogP contribution in [0.2, 0.25) is 0 Å². The van der Waals surface area contributed by atoms with Gasteiger partial charge in [0.1, 0.15) is 5.69 Å². The van der Waals surface area contributed by atoms with Crippen LogP contribution >= 0.6 is 0 Å². The molecule has 2 aromatic carbocycles. The largest absolute Gasteiger partial charge is 0.477 e. The van der Waals surface area contributed by atoms with Crippen molar-refractivity contribution in [2.75, 3.05) is 0 Å². The fourth-order valence-corrected chi connectivity index (χ4v) is 2.75. The topological polar surface area (TPSA) is 53.1 Å². The average Bonchev–Trinajstić information content (AvgIpc) is 2.91. The van der Waals surface area contributed by atoms with Crippen molar-refractivity contribution in [2.24, 2.45) is 0 Å². The molecule has 0 aliphatic carbocycles. The van der Waals surface area contributed by atoms with Crippen molar-refractivity contribution < 1.29 is 9.90 Å². The molecule has 0 spiro atoms. The molecule has 0 saturated carbocycles. The lowest BCUT2D eigenvalue weighted by Gasteiger charge is -2.13. The number of hydrogen-bond acceptors (Lipinski definition) is 1. The monoisotopic (exact) mass is 279 g/mol. The van der Waals surface area contributed by atoms with Gasteiger partial charge in [-0.25, -0.2) is 4.79 Å². The summed E-state index contributed by atoms with van der Waals surface area (Å²) in [6.07, 6.45) is 0. The highest BCUT2D eigenvalue weighted by molar-refractivity contribution is 6.01. The number of fused-ring (bicyclic) bond motifs is 1. The molecule has 0 aliphatic rings. The highest BCUT2D eigenvalue weighted by Gasteiger charge is 2.14. The Bertz CT molecular complexity index is 815. The van der Waals surface area contributed by atoms with Gasteiger partial charge in [-0.2, -0.15) is 0 Å². The lowest BCUT2D eigenvalue weighted by Crippen LogP contribution is -1.94. The van der Waals surface area contributed by atoms with E-state index in [2.05, 4.69) is 31.0 Å². The Morgan fingerprint density at radius 1 is 1.05 bits per heavy atom. The zero-order valence-corrected chi connectivity index (χ0v) is 12.1. The first-order valence-electron chi connectivity index (χ1n) is 7.02. The molecule has 3 rings (SSSR count). The zero-order chi connectivity index (χ0) is 15.0. The van der Waals surface area contributed by atoms with Crippen LogP contribution < -0.4 is 0 Å². The minimum Gasteiger partial charge on any atom is -0.477 e. The van der Waals surface area contributed by atoms with Gasteiger partial charge in [-0.15, -0.1) is 0 Å². The Morgan fingerprint density at radius 3 is 2.48 bits per heavy atom. The summed E-state index contributed by atoms with van der Waals surface area (Å²) in [6.45, 7) is 4.33. The van der Waals surface area contributed by atoms with Crippen LogP contribution in [0.3, 0.4) is 0 Å². The lowest BCUT2D eigenvalue weighted by molar-refractivity contribution is 0.0691. The van der Waals surface area contributed by atoms with Crippen LogP contribution in [0.5, 0.6) is 0 Å². The Morgan fingerprint density at radius 2 is 1.76 bits per heavy atom. The van der Waals surface area contributed by atoms with Crippen LogP contribution in [0.15, 0.2) is 48.5 Å². The van der Waals surface area contributed by atoms with E-state index < -0.39 is 5.97 Å². The van der Waals surface area contributed by atoms with Crippen molar-refractivity contribution in [1.82, 2.24) is 4.98 Å². The maximum absolute atomic E-state index is 11.2. The Hall–Kier alpha value is -2.55. The molecule has 1 aromatic heterocycles. The van der Waals surface area contributed by atoms with Gasteiger partial charge in [0.05, 0.1) is 0 Å². The highest BCUT2D eigenvalue weighted by atomic mass is 16.4. The van der Waals surface area contributed by atoms with Gasteiger partial charge in [0.25, 0.3) is 0 Å². The first-order valence-corrected chi connectivity index (χ1v) is 7.02. The third-order valence-corrected chi connectivity index (χ3v) is 3.77. The smallest absolute Gasteiger partial charge is 0.352 e. The van der Waals surface area contributed by atoms with E-state index in [1.807, 2.05) is 30.3 Å². The number of rotatable bonds is 3. The number of carboxylic acid groups (broad SMARTS) is 1. The van der Waals surface area contributed by atoms with Gasteiger partial charge in [0, 0.05) is 10.9 Å². The second kappa shape index (κ2) is 5.09. The van der Waals surface area contributed by atoms with Crippen LogP contribution in [-0.2, 0) is 0 Å². The van der Waals surface area contributed by atoms with Gasteiger partial charge in [0.2, 0.25) is 0 Å². The number of aromatic amines is 1. The summed E-state index contributed by atoms with van der Waals surface area (Å²) in [4.78, 5) is 14.1. The maximum atomic E-state index is 11.2. The van der Waals surface area contributed by atoms with Crippen LogP contribution in [0, 0.1) is 0 Å². The standard InChI is InChI=1S/C18H17NO2/c1-11(2)12-6-3-4-7-13(12)14-8-5-9-16-15(14)10-17(19-16)18(20)21/h3-11,19H,1-2H3,(H,20,21). The SMILES string of the molecule is CC(C)c1ccccc1-c1cccc2[nH]c(C(=O)O)cc12. The quantitative estimate of drug-likeness (QED) is 0.732. The molecule has 3 nitrogen and oxygen atoms in total. The predicted octanol–water partition coefficient (Wildman–Crippen LogP) is 4.66. The minimum absolute atomic E-state index is 0.222. The van der Waals surface area contributed by atoms with E-state index in [1.165, 1.54) is 5.56 Å². The molecular formula is C18H17NO2. The second-order valence-corrected chi connectivity index (χ2v) is 5.50. The molecule has 3 heteroatoms. The van der Waals surface area contributed by atoms with Crippen LogP contribution in [0.1, 0.15) is 35.8 Å². The third-order valence-electron chi connectivity index (χ3n) is 3.77. The molecule has 0 atom stereocenters. The lowest BCUT2D eigenvalue weighted by atomic mass is 9.91. The molecule has 0 aliphatic heterocycles. The zero-order valence-electron chi connectivity index (χ0n) is 12.1. The van der Waals surface area contributed by atoms with Crippen molar-refractivity contribution in [3.05, 3.63) is 59.8 Å². The van der Waals surface area contributed by atoms with Gasteiger partial charge >= 0.3 is 5.97 Å². The summed E-state index contributed by atoms with van der Waals surface area (Å²) in [5.74, 6) is -0.524. The molecule has 0 radical (unpaired) electrons. The number of aromatic carboxylic acids is 1. The summed E-state index contributed by atoms with van der Waals surface area (Å²) >= 11 is 0. The van der Waals surface area contributed by atoms with Gasteiger partial charge < -0.3 is 10.1 Å². The third kappa shape index (κ3) is 2.31. The van der Waals surface area contributed by atoms with E-state index >= 15 is 0 Å². The average molecular weight is 279 g/mol. The number of benzene rings is 2. The molecule has 0 fully saturated rings. The molecule has 1 heterocycles. The number of aromatic nitrogens is 1. The van der Waals surface area contributed by atoms with Crippen LogP contribution in [-0.4, -0.2) is 16.1 Å². The molecule has 0 unspecified atom stereocenters. The van der Waals surface area contributed by atoms with E-state index in [-0.39, 0.29) is 5.69 Å². The number of H-pyrrole nitrogens is 1. The summed E-state index contributed by atoms with van der Waals surface area (Å²) in [5, 5.41) is 10.1. The van der Waals surface area contributed by atoms with Crippen molar-refractivity contribution in [3.8, 4) is 11.1 Å². The maximum Gasteiger partial charge on any atom is 0.352 e. The van der Waals surface area contributed by atoms with Crippen molar-refractivity contribution >= 4 is 16.9 Å². The van der Waals surface area contributed by atoms with Crippen LogP contribution in [0.4, 0.5) is 0 Å². The van der Waals surface area contributed by atoms with E-state index in [9.17, 15) is 4.79 Å². The Kier molecular flexibility index (Phi) is 3.26. The number of hydrogen-bond donors (Lipinski definition) is 2. The number of carboxylic acids is 1. The molecule has 0 amide bonds. The molecule has 2 N–H and O–H groups in total. The molecular weight excluding hydrogens is 262 g/mol. The fourth-order valence-electron chi connectivity index (χ4n) is 2.75. The minimum atomic E-state index is -0.936. The fraction of sp³-hybridized carbons (Fsp3) is 0.167. The van der Waals surface area contributed by atoms with E-state index in [0.29, 0.717) is 5.92 Å². The van der Waals surface area contributed by atoms with Crippen LogP contribution in [0.25, 0.3) is 22.0 Å². The van der Waals surface area contributed by atoms with Crippen molar-refractivity contribution in [2.45, 2.75) is 19.8 Å². The van der Waals surface area contributed by atoms with E-state index in [1.54, 1.807) is 6.07 Å². The van der Waals surface area contributed by atoms with Gasteiger partial charge in [0.15, 0.2) is 0 Å². The molecule has 0 saturated heterocycles. The Labute approximate surface area is 123 Å². The number of carbonyl (C=O) groups is 1. The normalized spacial score (nSPS) is 11.2. The van der Waals surface area contributed by atoms with Crippen molar-refractivity contribution in [3.63, 3.8) is 0 Å². The van der Waals surface area contributed by atoms with Crippen molar-refractivity contribution in [1.29, 1.82) is 0 Å². The van der Waals surface area contributed by atoms with E-state index in [4.69, 9.17) is 5.11 Å². The summed E-state index contributed by atoms with van der Waals surface area (Å²) < 4.78 is 0.